The van der Waals surface area contributed by atoms with Crippen LogP contribution in [-0.4, -0.2) is 44.6 Å². The highest BCUT2D eigenvalue weighted by molar-refractivity contribution is 5.91. The molecule has 0 atom stereocenters. The van der Waals surface area contributed by atoms with Crippen molar-refractivity contribution in [2.24, 2.45) is 0 Å². The van der Waals surface area contributed by atoms with Gasteiger partial charge in [-0.05, 0) is 6.92 Å². The number of nitrogens with zero attached hydrogens (tertiary/aromatic N) is 1. The van der Waals surface area contributed by atoms with Gasteiger partial charge in [-0.1, -0.05) is 6.58 Å². The highest BCUT2D eigenvalue weighted by Gasteiger charge is 2.05. The number of carbonyl (C=O) groups excluding carboxylic acids is 1. The third-order valence-corrected chi connectivity index (χ3v) is 1.72. The largest absolute Gasteiger partial charge is 0.331 e. The van der Waals surface area contributed by atoms with Crippen molar-refractivity contribution in [3.8, 4) is 0 Å². The summed E-state index contributed by atoms with van der Waals surface area (Å²) in [6, 6.07) is 0. The lowest BCUT2D eigenvalue weighted by molar-refractivity contribution is -0.870. The Bertz CT molecular complexity index is 206. The SMILES string of the molecule is C=C(C)C(=O)NNCCC[N+](C)(C)C. The second-order valence-corrected chi connectivity index (χ2v) is 4.53. The number of quaternary nitrogens is 1. The van der Waals surface area contributed by atoms with Gasteiger partial charge in [0.1, 0.15) is 0 Å². The summed E-state index contributed by atoms with van der Waals surface area (Å²) in [7, 11) is 6.44. The molecule has 0 rings (SSSR count). The monoisotopic (exact) mass is 200 g/mol. The number of rotatable bonds is 6. The Morgan fingerprint density at radius 3 is 2.36 bits per heavy atom. The van der Waals surface area contributed by atoms with Gasteiger partial charge in [0.2, 0.25) is 0 Å². The number of hydrogen-bond donors (Lipinski definition) is 2. The standard InChI is InChI=1S/C10H21N3O/c1-9(2)10(14)12-11-7-6-8-13(3,4)5/h11H,1,6-8H2,2-5H3/p+1. The molecule has 2 N–H and O–H groups in total. The molecule has 0 saturated carbocycles. The molecule has 14 heavy (non-hydrogen) atoms. The van der Waals surface area contributed by atoms with Crippen LogP contribution < -0.4 is 10.9 Å². The molecule has 0 aromatic heterocycles. The van der Waals surface area contributed by atoms with Crippen LogP contribution in [0.5, 0.6) is 0 Å². The minimum Gasteiger partial charge on any atom is -0.331 e. The zero-order chi connectivity index (χ0) is 11.2. The molecule has 0 radical (unpaired) electrons. The van der Waals surface area contributed by atoms with E-state index in [0.717, 1.165) is 24.0 Å². The summed E-state index contributed by atoms with van der Waals surface area (Å²) in [5.41, 5.74) is 5.96. The van der Waals surface area contributed by atoms with Gasteiger partial charge in [0.05, 0.1) is 27.7 Å². The number of hydrogen-bond acceptors (Lipinski definition) is 2. The van der Waals surface area contributed by atoms with Crippen molar-refractivity contribution in [1.29, 1.82) is 0 Å². The van der Waals surface area contributed by atoms with E-state index >= 15 is 0 Å². The Kier molecular flexibility index (Phi) is 5.42. The van der Waals surface area contributed by atoms with Crippen molar-refractivity contribution in [3.05, 3.63) is 12.2 Å². The first kappa shape index (κ1) is 13.1. The van der Waals surface area contributed by atoms with E-state index in [2.05, 4.69) is 38.6 Å². The second-order valence-electron chi connectivity index (χ2n) is 4.53. The van der Waals surface area contributed by atoms with Gasteiger partial charge >= 0.3 is 0 Å². The molecular weight excluding hydrogens is 178 g/mol. The first-order valence-electron chi connectivity index (χ1n) is 4.82. The molecule has 0 bridgehead atoms. The quantitative estimate of drug-likeness (QED) is 0.280. The fraction of sp³-hybridized carbons (Fsp3) is 0.700. The van der Waals surface area contributed by atoms with Crippen LogP contribution in [-0.2, 0) is 4.79 Å². The maximum atomic E-state index is 11.0. The van der Waals surface area contributed by atoms with Crippen LogP contribution in [0.3, 0.4) is 0 Å². The Hall–Kier alpha value is -0.870. The molecule has 0 aromatic rings. The van der Waals surface area contributed by atoms with Gasteiger partial charge in [-0.15, -0.1) is 0 Å². The summed E-state index contributed by atoms with van der Waals surface area (Å²) in [4.78, 5) is 11.0. The van der Waals surface area contributed by atoms with E-state index in [-0.39, 0.29) is 5.91 Å². The average molecular weight is 200 g/mol. The van der Waals surface area contributed by atoms with Crippen molar-refractivity contribution in [2.75, 3.05) is 34.2 Å². The average Bonchev–Trinajstić information content (AvgIpc) is 2.01. The Morgan fingerprint density at radius 1 is 1.36 bits per heavy atom. The number of amides is 1. The van der Waals surface area contributed by atoms with E-state index in [0.29, 0.717) is 5.57 Å². The summed E-state index contributed by atoms with van der Waals surface area (Å²) in [5, 5.41) is 0. The number of carbonyl (C=O) groups is 1. The summed E-state index contributed by atoms with van der Waals surface area (Å²) in [5.74, 6) is -0.143. The molecule has 0 aliphatic carbocycles. The van der Waals surface area contributed by atoms with Crippen LogP contribution in [0, 0.1) is 0 Å². The molecule has 4 heteroatoms. The molecule has 0 fully saturated rings. The third kappa shape index (κ3) is 7.76. The maximum absolute atomic E-state index is 11.0. The maximum Gasteiger partial charge on any atom is 0.260 e. The number of nitrogens with one attached hydrogen (secondary N) is 2. The summed E-state index contributed by atoms with van der Waals surface area (Å²) in [6.07, 6.45) is 1.03. The van der Waals surface area contributed by atoms with Crippen LogP contribution in [0.4, 0.5) is 0 Å². The third-order valence-electron chi connectivity index (χ3n) is 1.72. The first-order chi connectivity index (χ1) is 6.33. The Morgan fingerprint density at radius 2 is 1.93 bits per heavy atom. The van der Waals surface area contributed by atoms with Gasteiger partial charge in [0.15, 0.2) is 0 Å². The zero-order valence-corrected chi connectivity index (χ0v) is 9.68. The van der Waals surface area contributed by atoms with Crippen LogP contribution in [0.15, 0.2) is 12.2 Å². The van der Waals surface area contributed by atoms with Gasteiger partial charge in [-0.2, -0.15) is 0 Å². The Balaban J connectivity index is 3.39. The molecule has 0 aliphatic heterocycles. The lowest BCUT2D eigenvalue weighted by Gasteiger charge is -2.23. The van der Waals surface area contributed by atoms with E-state index in [1.165, 1.54) is 0 Å². The van der Waals surface area contributed by atoms with Crippen LogP contribution in [0.2, 0.25) is 0 Å². The summed E-state index contributed by atoms with van der Waals surface area (Å²) < 4.78 is 0.941. The predicted octanol–water partition coefficient (Wildman–Crippen LogP) is 0.280. The van der Waals surface area contributed by atoms with Crippen molar-refractivity contribution in [2.45, 2.75) is 13.3 Å². The summed E-state index contributed by atoms with van der Waals surface area (Å²) in [6.45, 7) is 7.09. The highest BCUT2D eigenvalue weighted by atomic mass is 16.2. The topological polar surface area (TPSA) is 41.1 Å². The van der Waals surface area contributed by atoms with Crippen LogP contribution >= 0.6 is 0 Å². The van der Waals surface area contributed by atoms with E-state index in [4.69, 9.17) is 0 Å². The van der Waals surface area contributed by atoms with Gasteiger partial charge in [-0.3, -0.25) is 10.2 Å². The smallest absolute Gasteiger partial charge is 0.260 e. The lowest BCUT2D eigenvalue weighted by atomic mass is 10.3. The molecule has 0 unspecified atom stereocenters. The number of hydrazine groups is 1. The van der Waals surface area contributed by atoms with Gasteiger partial charge in [0, 0.05) is 18.5 Å². The minimum atomic E-state index is -0.143. The Labute approximate surface area is 86.5 Å². The molecule has 4 nitrogen and oxygen atoms in total. The highest BCUT2D eigenvalue weighted by Crippen LogP contribution is 1.91. The van der Waals surface area contributed by atoms with Crippen molar-refractivity contribution >= 4 is 5.91 Å². The van der Waals surface area contributed by atoms with Crippen molar-refractivity contribution in [3.63, 3.8) is 0 Å². The van der Waals surface area contributed by atoms with Gasteiger partial charge < -0.3 is 4.48 Å². The molecule has 0 aromatic carbocycles. The molecule has 0 heterocycles. The van der Waals surface area contributed by atoms with Crippen molar-refractivity contribution in [1.82, 2.24) is 10.9 Å². The fourth-order valence-corrected chi connectivity index (χ4v) is 0.891. The molecular formula is C10H22N3O+. The van der Waals surface area contributed by atoms with Crippen LogP contribution in [0.1, 0.15) is 13.3 Å². The molecule has 0 aliphatic rings. The molecule has 1 amide bonds. The molecule has 0 saturated heterocycles. The van der Waals surface area contributed by atoms with Gasteiger partial charge in [0.25, 0.3) is 5.91 Å². The van der Waals surface area contributed by atoms with E-state index in [9.17, 15) is 4.79 Å². The molecule has 0 spiro atoms. The molecule has 82 valence electrons. The predicted molar refractivity (Wildman–Crippen MR) is 58.5 cm³/mol. The van der Waals surface area contributed by atoms with Crippen LogP contribution in [0.25, 0.3) is 0 Å². The zero-order valence-electron chi connectivity index (χ0n) is 9.68. The fourth-order valence-electron chi connectivity index (χ4n) is 0.891. The van der Waals surface area contributed by atoms with Gasteiger partial charge in [-0.25, -0.2) is 5.43 Å². The van der Waals surface area contributed by atoms with Crippen molar-refractivity contribution < 1.29 is 9.28 Å². The first-order valence-corrected chi connectivity index (χ1v) is 4.82. The minimum absolute atomic E-state index is 0.143. The van der Waals surface area contributed by atoms with E-state index < -0.39 is 0 Å². The summed E-state index contributed by atoms with van der Waals surface area (Å²) >= 11 is 0. The second kappa shape index (κ2) is 5.78. The lowest BCUT2D eigenvalue weighted by Crippen LogP contribution is -2.41. The normalized spacial score (nSPS) is 11.1. The van der Waals surface area contributed by atoms with E-state index in [1.54, 1.807) is 6.92 Å². The van der Waals surface area contributed by atoms with E-state index in [1.807, 2.05) is 0 Å².